The SMILES string of the molecule is COc1ccccc1-c1cc(N(C)C)ccn1. The Kier molecular flexibility index (Phi) is 3.28. The predicted molar refractivity (Wildman–Crippen MR) is 70.6 cm³/mol. The molecule has 2 rings (SSSR count). The summed E-state index contributed by atoms with van der Waals surface area (Å²) in [7, 11) is 5.71. The van der Waals surface area contributed by atoms with Crippen molar-refractivity contribution in [2.75, 3.05) is 26.1 Å². The van der Waals surface area contributed by atoms with Gasteiger partial charge in [0.25, 0.3) is 0 Å². The number of anilines is 1. The first kappa shape index (κ1) is 11.5. The third kappa shape index (κ3) is 2.38. The fourth-order valence-corrected chi connectivity index (χ4v) is 1.70. The first-order valence-electron chi connectivity index (χ1n) is 5.49. The van der Waals surface area contributed by atoms with Gasteiger partial charge in [-0.15, -0.1) is 0 Å². The lowest BCUT2D eigenvalue weighted by Crippen LogP contribution is -2.08. The minimum Gasteiger partial charge on any atom is -0.496 e. The molecule has 0 radical (unpaired) electrons. The maximum absolute atomic E-state index is 5.35. The predicted octanol–water partition coefficient (Wildman–Crippen LogP) is 2.82. The average Bonchev–Trinajstić information content (AvgIpc) is 2.39. The molecule has 1 aromatic carbocycles. The Balaban J connectivity index is 2.49. The van der Waals surface area contributed by atoms with Crippen molar-refractivity contribution in [2.24, 2.45) is 0 Å². The molecule has 1 heterocycles. The number of ether oxygens (including phenoxy) is 1. The zero-order chi connectivity index (χ0) is 12.3. The Bertz CT molecular complexity index is 509. The Morgan fingerprint density at radius 1 is 1.12 bits per heavy atom. The molecule has 0 atom stereocenters. The number of hydrogen-bond acceptors (Lipinski definition) is 3. The van der Waals surface area contributed by atoms with E-state index in [2.05, 4.69) is 16.0 Å². The van der Waals surface area contributed by atoms with Crippen LogP contribution in [0.15, 0.2) is 42.6 Å². The van der Waals surface area contributed by atoms with E-state index in [0.717, 1.165) is 22.7 Å². The van der Waals surface area contributed by atoms with Gasteiger partial charge in [-0.05, 0) is 24.3 Å². The molecule has 0 spiro atoms. The smallest absolute Gasteiger partial charge is 0.128 e. The molecule has 0 unspecified atom stereocenters. The number of benzene rings is 1. The standard InChI is InChI=1S/C14H16N2O/c1-16(2)11-8-9-15-13(10-11)12-6-4-5-7-14(12)17-3/h4-10H,1-3H3. The highest BCUT2D eigenvalue weighted by atomic mass is 16.5. The lowest BCUT2D eigenvalue weighted by molar-refractivity contribution is 0.416. The van der Waals surface area contributed by atoms with Crippen molar-refractivity contribution in [3.63, 3.8) is 0 Å². The van der Waals surface area contributed by atoms with Crippen molar-refractivity contribution in [2.45, 2.75) is 0 Å². The van der Waals surface area contributed by atoms with Crippen LogP contribution in [0.25, 0.3) is 11.3 Å². The summed E-state index contributed by atoms with van der Waals surface area (Å²) in [6.07, 6.45) is 1.82. The Labute approximate surface area is 102 Å². The number of pyridine rings is 1. The minimum atomic E-state index is 0.843. The van der Waals surface area contributed by atoms with E-state index in [1.54, 1.807) is 7.11 Å². The quantitative estimate of drug-likeness (QED) is 0.807. The molecule has 0 aliphatic heterocycles. The van der Waals surface area contributed by atoms with Crippen molar-refractivity contribution < 1.29 is 4.74 Å². The average molecular weight is 228 g/mol. The molecule has 0 saturated carbocycles. The third-order valence-electron chi connectivity index (χ3n) is 2.64. The number of aromatic nitrogens is 1. The summed E-state index contributed by atoms with van der Waals surface area (Å²) in [5, 5.41) is 0. The zero-order valence-electron chi connectivity index (χ0n) is 10.3. The maximum Gasteiger partial charge on any atom is 0.128 e. The van der Waals surface area contributed by atoms with Crippen molar-refractivity contribution in [1.29, 1.82) is 0 Å². The highest BCUT2D eigenvalue weighted by Crippen LogP contribution is 2.29. The van der Waals surface area contributed by atoms with Crippen LogP contribution in [0.2, 0.25) is 0 Å². The first-order chi connectivity index (χ1) is 8.22. The van der Waals surface area contributed by atoms with Gasteiger partial charge in [0.1, 0.15) is 5.75 Å². The highest BCUT2D eigenvalue weighted by Gasteiger charge is 2.07. The molecule has 0 N–H and O–H groups in total. The van der Waals surface area contributed by atoms with Crippen molar-refractivity contribution in [1.82, 2.24) is 4.98 Å². The van der Waals surface area contributed by atoms with E-state index in [1.807, 2.05) is 50.6 Å². The molecule has 0 bridgehead atoms. The second-order valence-corrected chi connectivity index (χ2v) is 3.99. The molecule has 88 valence electrons. The lowest BCUT2D eigenvalue weighted by atomic mass is 10.1. The number of nitrogens with zero attached hydrogens (tertiary/aromatic N) is 2. The number of para-hydroxylation sites is 1. The van der Waals surface area contributed by atoms with Crippen LogP contribution in [0.5, 0.6) is 5.75 Å². The monoisotopic (exact) mass is 228 g/mol. The van der Waals surface area contributed by atoms with Crippen LogP contribution in [-0.2, 0) is 0 Å². The van der Waals surface area contributed by atoms with Crippen LogP contribution < -0.4 is 9.64 Å². The molecule has 0 saturated heterocycles. The fraction of sp³-hybridized carbons (Fsp3) is 0.214. The third-order valence-corrected chi connectivity index (χ3v) is 2.64. The molecular formula is C14H16N2O. The van der Waals surface area contributed by atoms with Crippen LogP contribution in [-0.4, -0.2) is 26.2 Å². The van der Waals surface area contributed by atoms with Gasteiger partial charge in [-0.2, -0.15) is 0 Å². The molecule has 0 aliphatic carbocycles. The number of hydrogen-bond donors (Lipinski definition) is 0. The van der Waals surface area contributed by atoms with Gasteiger partial charge in [0.2, 0.25) is 0 Å². The summed E-state index contributed by atoms with van der Waals surface area (Å²) in [6, 6.07) is 11.9. The normalized spacial score (nSPS) is 10.1. The minimum absolute atomic E-state index is 0.843. The van der Waals surface area contributed by atoms with E-state index in [1.165, 1.54) is 0 Å². The summed E-state index contributed by atoms with van der Waals surface area (Å²) >= 11 is 0. The highest BCUT2D eigenvalue weighted by molar-refractivity contribution is 5.70. The Hall–Kier alpha value is -2.03. The van der Waals surface area contributed by atoms with Crippen LogP contribution in [0.1, 0.15) is 0 Å². The number of rotatable bonds is 3. The van der Waals surface area contributed by atoms with E-state index >= 15 is 0 Å². The zero-order valence-corrected chi connectivity index (χ0v) is 10.3. The topological polar surface area (TPSA) is 25.4 Å². The van der Waals surface area contributed by atoms with Gasteiger partial charge in [-0.1, -0.05) is 12.1 Å². The van der Waals surface area contributed by atoms with Crippen LogP contribution in [0, 0.1) is 0 Å². The second-order valence-electron chi connectivity index (χ2n) is 3.99. The van der Waals surface area contributed by atoms with Gasteiger partial charge in [0.05, 0.1) is 12.8 Å². The molecule has 1 aromatic heterocycles. The fourth-order valence-electron chi connectivity index (χ4n) is 1.70. The largest absolute Gasteiger partial charge is 0.496 e. The molecule has 3 nitrogen and oxygen atoms in total. The molecular weight excluding hydrogens is 212 g/mol. The Morgan fingerprint density at radius 2 is 1.88 bits per heavy atom. The molecule has 0 amide bonds. The van der Waals surface area contributed by atoms with Crippen molar-refractivity contribution in [3.8, 4) is 17.0 Å². The van der Waals surface area contributed by atoms with E-state index in [9.17, 15) is 0 Å². The van der Waals surface area contributed by atoms with E-state index in [0.29, 0.717) is 0 Å². The molecule has 2 aromatic rings. The van der Waals surface area contributed by atoms with E-state index in [-0.39, 0.29) is 0 Å². The Morgan fingerprint density at radius 3 is 2.59 bits per heavy atom. The van der Waals surface area contributed by atoms with Crippen LogP contribution in [0.3, 0.4) is 0 Å². The first-order valence-corrected chi connectivity index (χ1v) is 5.49. The van der Waals surface area contributed by atoms with Crippen LogP contribution >= 0.6 is 0 Å². The summed E-state index contributed by atoms with van der Waals surface area (Å²) in [5.74, 6) is 0.843. The summed E-state index contributed by atoms with van der Waals surface area (Å²) < 4.78 is 5.35. The van der Waals surface area contributed by atoms with Gasteiger partial charge in [0, 0.05) is 31.5 Å². The summed E-state index contributed by atoms with van der Waals surface area (Å²) in [5.41, 5.74) is 3.06. The molecule has 3 heteroatoms. The van der Waals surface area contributed by atoms with Crippen LogP contribution in [0.4, 0.5) is 5.69 Å². The van der Waals surface area contributed by atoms with Gasteiger partial charge < -0.3 is 9.64 Å². The van der Waals surface area contributed by atoms with E-state index < -0.39 is 0 Å². The molecule has 0 fully saturated rings. The molecule has 17 heavy (non-hydrogen) atoms. The maximum atomic E-state index is 5.35. The summed E-state index contributed by atoms with van der Waals surface area (Å²) in [4.78, 5) is 6.45. The number of methoxy groups -OCH3 is 1. The van der Waals surface area contributed by atoms with Gasteiger partial charge in [0.15, 0.2) is 0 Å². The van der Waals surface area contributed by atoms with Crippen molar-refractivity contribution >= 4 is 5.69 Å². The second kappa shape index (κ2) is 4.87. The van der Waals surface area contributed by atoms with Gasteiger partial charge in [-0.25, -0.2) is 0 Å². The van der Waals surface area contributed by atoms with E-state index in [4.69, 9.17) is 4.74 Å². The van der Waals surface area contributed by atoms with Gasteiger partial charge in [-0.3, -0.25) is 4.98 Å². The summed E-state index contributed by atoms with van der Waals surface area (Å²) in [6.45, 7) is 0. The molecule has 0 aliphatic rings. The lowest BCUT2D eigenvalue weighted by Gasteiger charge is -2.14. The van der Waals surface area contributed by atoms with Gasteiger partial charge >= 0.3 is 0 Å². The van der Waals surface area contributed by atoms with Crippen molar-refractivity contribution in [3.05, 3.63) is 42.6 Å².